The summed E-state index contributed by atoms with van der Waals surface area (Å²) in [4.78, 5) is 22.0. The number of nitrogens with one attached hydrogen (secondary N) is 1. The molecule has 0 bridgehead atoms. The average Bonchev–Trinajstić information content (AvgIpc) is 3.40. The number of halogens is 2. The van der Waals surface area contributed by atoms with Crippen molar-refractivity contribution in [3.8, 4) is 5.75 Å². The molecule has 2 heterocycles. The maximum atomic E-state index is 12.5. The molecule has 0 saturated heterocycles. The fourth-order valence-electron chi connectivity index (χ4n) is 3.02. The van der Waals surface area contributed by atoms with Gasteiger partial charge in [0.25, 0.3) is 5.91 Å². The average molecular weight is 446 g/mol. The van der Waals surface area contributed by atoms with Crippen molar-refractivity contribution >= 4 is 40.8 Å². The fraction of sp³-hybridized carbons (Fsp3) is 0.200. The van der Waals surface area contributed by atoms with Crippen LogP contribution in [0.1, 0.15) is 17.5 Å². The summed E-state index contributed by atoms with van der Waals surface area (Å²) in [7, 11) is 1.58. The number of nitrogens with zero attached hydrogens (tertiary/aromatic N) is 4. The van der Waals surface area contributed by atoms with E-state index in [2.05, 4.69) is 20.6 Å². The summed E-state index contributed by atoms with van der Waals surface area (Å²) in [5.74, 6) is 0.425. The smallest absolute Gasteiger partial charge is 0.271 e. The number of carbonyl (C=O) groups excluding carboxylic acids is 1. The number of methoxy groups -OCH3 is 1. The molecule has 1 atom stereocenters. The molecule has 0 unspecified atom stereocenters. The fourth-order valence-corrected chi connectivity index (χ4v) is 3.54. The van der Waals surface area contributed by atoms with Gasteiger partial charge in [-0.3, -0.25) is 10.1 Å². The number of rotatable bonds is 6. The zero-order valence-corrected chi connectivity index (χ0v) is 17.4. The molecule has 8 nitrogen and oxygen atoms in total. The van der Waals surface area contributed by atoms with E-state index in [1.807, 2.05) is 24.3 Å². The number of hydrogen-bond acceptors (Lipinski definition) is 6. The second kappa shape index (κ2) is 8.73. The Morgan fingerprint density at radius 3 is 2.77 bits per heavy atom. The molecule has 0 aliphatic carbocycles. The quantitative estimate of drug-likeness (QED) is 0.623. The predicted octanol–water partition coefficient (Wildman–Crippen LogP) is 3.77. The van der Waals surface area contributed by atoms with Gasteiger partial charge in [0, 0.05) is 27.6 Å². The topological polar surface area (TPSA) is 90.6 Å². The van der Waals surface area contributed by atoms with Crippen LogP contribution in [-0.4, -0.2) is 39.6 Å². The minimum Gasteiger partial charge on any atom is -0.496 e. The van der Waals surface area contributed by atoms with Gasteiger partial charge >= 0.3 is 0 Å². The lowest BCUT2D eigenvalue weighted by molar-refractivity contribution is -0.125. The molecule has 1 aliphatic heterocycles. The maximum absolute atomic E-state index is 12.5. The highest BCUT2D eigenvalue weighted by atomic mass is 35.5. The van der Waals surface area contributed by atoms with Crippen LogP contribution in [0, 0.1) is 0 Å². The van der Waals surface area contributed by atoms with E-state index in [1.165, 1.54) is 11.0 Å². The molecule has 0 radical (unpaired) electrons. The predicted molar refractivity (Wildman–Crippen MR) is 113 cm³/mol. The van der Waals surface area contributed by atoms with Crippen LogP contribution in [0.25, 0.3) is 0 Å². The monoisotopic (exact) mass is 445 g/mol. The number of anilines is 1. The summed E-state index contributed by atoms with van der Waals surface area (Å²) in [5.41, 5.74) is 2.14. The summed E-state index contributed by atoms with van der Waals surface area (Å²) >= 11 is 12.4. The van der Waals surface area contributed by atoms with Crippen LogP contribution < -0.4 is 10.1 Å². The molecule has 3 aromatic rings. The van der Waals surface area contributed by atoms with Crippen molar-refractivity contribution in [1.29, 1.82) is 0 Å². The van der Waals surface area contributed by atoms with E-state index < -0.39 is 12.0 Å². The van der Waals surface area contributed by atoms with Crippen molar-refractivity contribution in [2.75, 3.05) is 12.4 Å². The molecule has 30 heavy (non-hydrogen) atoms. The van der Waals surface area contributed by atoms with E-state index in [0.29, 0.717) is 34.5 Å². The Morgan fingerprint density at radius 1 is 1.23 bits per heavy atom. The highest BCUT2D eigenvalue weighted by Crippen LogP contribution is 2.26. The molecule has 1 N–H and O–H groups in total. The Labute approximate surface area is 182 Å². The van der Waals surface area contributed by atoms with Crippen LogP contribution in [0.5, 0.6) is 5.75 Å². The second-order valence-corrected chi connectivity index (χ2v) is 7.31. The number of ether oxygens (including phenoxy) is 1. The minimum atomic E-state index is -0.783. The third-order valence-electron chi connectivity index (χ3n) is 4.53. The van der Waals surface area contributed by atoms with Crippen LogP contribution in [-0.2, 0) is 16.2 Å². The molecule has 10 heteroatoms. The molecule has 0 spiro atoms. The third-order valence-corrected chi connectivity index (χ3v) is 5.24. The van der Waals surface area contributed by atoms with E-state index in [9.17, 15) is 4.79 Å². The number of aromatic nitrogens is 3. The second-order valence-electron chi connectivity index (χ2n) is 6.49. The number of para-hydroxylation sites is 1. The lowest BCUT2D eigenvalue weighted by Gasteiger charge is -2.08. The maximum Gasteiger partial charge on any atom is 0.271 e. The van der Waals surface area contributed by atoms with Crippen molar-refractivity contribution in [1.82, 2.24) is 14.8 Å². The lowest BCUT2D eigenvalue weighted by Crippen LogP contribution is -2.28. The Morgan fingerprint density at radius 2 is 2.00 bits per heavy atom. The molecule has 1 amide bonds. The van der Waals surface area contributed by atoms with Crippen molar-refractivity contribution in [3.63, 3.8) is 0 Å². The summed E-state index contributed by atoms with van der Waals surface area (Å²) in [6.07, 6.45) is 1.01. The minimum absolute atomic E-state index is 0.150. The first-order chi connectivity index (χ1) is 14.5. The molecule has 0 saturated carbocycles. The highest BCUT2D eigenvalue weighted by molar-refractivity contribution is 6.35. The number of benzene rings is 2. The molecular weight excluding hydrogens is 429 g/mol. The molecule has 1 aliphatic rings. The normalized spacial score (nSPS) is 15.4. The largest absolute Gasteiger partial charge is 0.496 e. The van der Waals surface area contributed by atoms with Gasteiger partial charge in [0.05, 0.1) is 19.4 Å². The van der Waals surface area contributed by atoms with Crippen molar-refractivity contribution in [2.45, 2.75) is 19.1 Å². The highest BCUT2D eigenvalue weighted by Gasteiger charge is 2.30. The van der Waals surface area contributed by atoms with Crippen molar-refractivity contribution < 1.29 is 14.4 Å². The first-order valence-electron chi connectivity index (χ1n) is 9.04. The van der Waals surface area contributed by atoms with Gasteiger partial charge in [0.15, 0.2) is 0 Å². The Balaban J connectivity index is 1.39. The number of amides is 1. The lowest BCUT2D eigenvalue weighted by atomic mass is 10.0. The molecule has 154 valence electrons. The van der Waals surface area contributed by atoms with Crippen LogP contribution in [0.4, 0.5) is 5.95 Å². The molecule has 1 aromatic heterocycles. The molecule has 0 fully saturated rings. The summed E-state index contributed by atoms with van der Waals surface area (Å²) in [5, 5.41) is 12.0. The Bertz CT molecular complexity index is 1100. The van der Waals surface area contributed by atoms with Crippen molar-refractivity contribution in [3.05, 3.63) is 70.0 Å². The van der Waals surface area contributed by atoms with Crippen LogP contribution in [0.2, 0.25) is 10.0 Å². The number of hydrogen-bond donors (Lipinski definition) is 1. The standard InChI is InChI=1S/C20H17Cl2N5O3/c1-29-17-8-3-2-5-12(17)16-9-18(30-26-16)19(28)24-20-23-11-27(25-20)10-13-14(21)6-4-7-15(13)22/h2-8,11,18H,9-10H2,1H3,(H,24,25,28)/t18-/m0/s1. The first kappa shape index (κ1) is 20.2. The van der Waals surface area contributed by atoms with E-state index in [4.69, 9.17) is 32.8 Å². The van der Waals surface area contributed by atoms with Gasteiger partial charge in [-0.15, -0.1) is 5.10 Å². The number of carbonyl (C=O) groups is 1. The molecule has 4 rings (SSSR count). The van der Waals surface area contributed by atoms with E-state index in [0.717, 1.165) is 11.1 Å². The molecule has 2 aromatic carbocycles. The van der Waals surface area contributed by atoms with Gasteiger partial charge in [0.2, 0.25) is 12.1 Å². The first-order valence-corrected chi connectivity index (χ1v) is 9.80. The van der Waals surface area contributed by atoms with Crippen LogP contribution >= 0.6 is 23.2 Å². The van der Waals surface area contributed by atoms with E-state index in [-0.39, 0.29) is 5.95 Å². The van der Waals surface area contributed by atoms with Gasteiger partial charge in [-0.1, -0.05) is 46.6 Å². The summed E-state index contributed by atoms with van der Waals surface area (Å²) in [6, 6.07) is 12.7. The molecular formula is C20H17Cl2N5O3. The Hall–Kier alpha value is -3.10. The van der Waals surface area contributed by atoms with Crippen LogP contribution in [0.3, 0.4) is 0 Å². The zero-order valence-electron chi connectivity index (χ0n) is 15.9. The summed E-state index contributed by atoms with van der Waals surface area (Å²) < 4.78 is 6.88. The summed E-state index contributed by atoms with van der Waals surface area (Å²) in [6.45, 7) is 0.322. The van der Waals surface area contributed by atoms with Gasteiger partial charge in [0.1, 0.15) is 12.1 Å². The Kier molecular flexibility index (Phi) is 5.87. The van der Waals surface area contributed by atoms with Gasteiger partial charge < -0.3 is 9.57 Å². The zero-order chi connectivity index (χ0) is 21.1. The number of oxime groups is 1. The van der Waals surface area contributed by atoms with E-state index >= 15 is 0 Å². The van der Waals surface area contributed by atoms with Crippen molar-refractivity contribution in [2.24, 2.45) is 5.16 Å². The third kappa shape index (κ3) is 4.24. The van der Waals surface area contributed by atoms with Crippen LogP contribution in [0.15, 0.2) is 53.9 Å². The van der Waals surface area contributed by atoms with Gasteiger partial charge in [-0.25, -0.2) is 9.67 Å². The van der Waals surface area contributed by atoms with Gasteiger partial charge in [-0.2, -0.15) is 0 Å². The SMILES string of the molecule is COc1ccccc1C1=NO[C@H](C(=O)Nc2ncn(Cc3c(Cl)cccc3Cl)n2)C1. The van der Waals surface area contributed by atoms with Gasteiger partial charge in [-0.05, 0) is 24.3 Å². The van der Waals surface area contributed by atoms with E-state index in [1.54, 1.807) is 25.3 Å².